The zero-order valence-electron chi connectivity index (χ0n) is 15.1. The molecule has 2 atom stereocenters. The van der Waals surface area contributed by atoms with E-state index in [1.165, 1.54) is 0 Å². The molecule has 0 aliphatic carbocycles. The summed E-state index contributed by atoms with van der Waals surface area (Å²) >= 11 is 0. The maximum Gasteiger partial charge on any atom is 0.261 e. The van der Waals surface area contributed by atoms with Gasteiger partial charge < -0.3 is 19.5 Å². The average Bonchev–Trinajstić information content (AvgIpc) is 2.66. The Balaban J connectivity index is 2.06. The normalized spacial score (nSPS) is 12.8. The van der Waals surface area contributed by atoms with Crippen LogP contribution in [0.15, 0.2) is 48.5 Å². The highest BCUT2D eigenvalue weighted by molar-refractivity contribution is 5.81. The molecule has 0 aliphatic heterocycles. The van der Waals surface area contributed by atoms with Crippen LogP contribution in [0.5, 0.6) is 17.2 Å². The van der Waals surface area contributed by atoms with Gasteiger partial charge in [-0.1, -0.05) is 31.2 Å². The second-order valence-corrected chi connectivity index (χ2v) is 5.66. The van der Waals surface area contributed by atoms with Gasteiger partial charge in [-0.05, 0) is 43.2 Å². The summed E-state index contributed by atoms with van der Waals surface area (Å²) in [6.45, 7) is 3.76. The number of methoxy groups -OCH3 is 2. The van der Waals surface area contributed by atoms with Gasteiger partial charge in [0.25, 0.3) is 5.91 Å². The van der Waals surface area contributed by atoms with E-state index < -0.39 is 6.10 Å². The van der Waals surface area contributed by atoms with E-state index in [0.717, 1.165) is 12.0 Å². The van der Waals surface area contributed by atoms with Gasteiger partial charge in [0.15, 0.2) is 17.6 Å². The lowest BCUT2D eigenvalue weighted by atomic mass is 10.0. The van der Waals surface area contributed by atoms with E-state index in [1.807, 2.05) is 55.5 Å². The maximum absolute atomic E-state index is 12.5. The third-order valence-corrected chi connectivity index (χ3v) is 3.96. The summed E-state index contributed by atoms with van der Waals surface area (Å²) in [6.07, 6.45) is 0.163. The Labute approximate surface area is 148 Å². The lowest BCUT2D eigenvalue weighted by molar-refractivity contribution is -0.128. The van der Waals surface area contributed by atoms with Gasteiger partial charge in [0.05, 0.1) is 20.3 Å². The zero-order valence-corrected chi connectivity index (χ0v) is 15.1. The molecule has 2 aromatic carbocycles. The number of hydrogen-bond acceptors (Lipinski definition) is 4. The lowest BCUT2D eigenvalue weighted by Gasteiger charge is -2.22. The quantitative estimate of drug-likeness (QED) is 0.793. The fraction of sp³-hybridized carbons (Fsp3) is 0.350. The number of ether oxygens (including phenoxy) is 3. The molecule has 1 N–H and O–H groups in total. The second kappa shape index (κ2) is 8.97. The number of carbonyl (C=O) groups excluding carboxylic acids is 1. The number of benzene rings is 2. The highest BCUT2D eigenvalue weighted by Gasteiger charge is 2.20. The van der Waals surface area contributed by atoms with Crippen LogP contribution in [-0.2, 0) is 4.79 Å². The van der Waals surface area contributed by atoms with Gasteiger partial charge in [0.1, 0.15) is 5.75 Å². The number of nitrogens with one attached hydrogen (secondary N) is 1. The molecule has 5 heteroatoms. The summed E-state index contributed by atoms with van der Waals surface area (Å²) in [5.74, 6) is 1.81. The molecule has 0 saturated heterocycles. The summed E-state index contributed by atoms with van der Waals surface area (Å²) in [4.78, 5) is 12.5. The maximum atomic E-state index is 12.5. The minimum absolute atomic E-state index is 0.130. The fourth-order valence-corrected chi connectivity index (χ4v) is 2.54. The van der Waals surface area contributed by atoms with Crippen LogP contribution >= 0.6 is 0 Å². The second-order valence-electron chi connectivity index (χ2n) is 5.66. The molecular formula is C20H25NO4. The molecule has 0 aromatic heterocycles. The first-order chi connectivity index (χ1) is 12.1. The third kappa shape index (κ3) is 4.89. The monoisotopic (exact) mass is 343 g/mol. The van der Waals surface area contributed by atoms with Crippen LogP contribution in [0.4, 0.5) is 0 Å². The standard InChI is InChI=1S/C20H25NO4/c1-5-17(15-11-12-18(23-3)19(13-15)24-4)21-20(22)14(2)25-16-9-7-6-8-10-16/h6-14,17H,5H2,1-4H3,(H,21,22)/t14-,17-/m0/s1. The van der Waals surface area contributed by atoms with Crippen molar-refractivity contribution in [2.75, 3.05) is 14.2 Å². The average molecular weight is 343 g/mol. The summed E-state index contributed by atoms with van der Waals surface area (Å²) < 4.78 is 16.3. The van der Waals surface area contributed by atoms with E-state index in [4.69, 9.17) is 14.2 Å². The van der Waals surface area contributed by atoms with Crippen LogP contribution in [0, 0.1) is 0 Å². The first kappa shape index (κ1) is 18.6. The van der Waals surface area contributed by atoms with Crippen molar-refractivity contribution >= 4 is 5.91 Å². The predicted molar refractivity (Wildman–Crippen MR) is 97.3 cm³/mol. The van der Waals surface area contributed by atoms with Crippen molar-refractivity contribution in [1.82, 2.24) is 5.32 Å². The van der Waals surface area contributed by atoms with Crippen molar-refractivity contribution in [2.24, 2.45) is 0 Å². The van der Waals surface area contributed by atoms with Crippen molar-refractivity contribution in [2.45, 2.75) is 32.4 Å². The minimum atomic E-state index is -0.586. The number of para-hydroxylation sites is 1. The molecule has 0 heterocycles. The molecule has 2 rings (SSSR count). The Kier molecular flexibility index (Phi) is 6.69. The molecular weight excluding hydrogens is 318 g/mol. The van der Waals surface area contributed by atoms with Crippen molar-refractivity contribution in [3.05, 3.63) is 54.1 Å². The van der Waals surface area contributed by atoms with E-state index in [1.54, 1.807) is 21.1 Å². The van der Waals surface area contributed by atoms with Crippen LogP contribution in [-0.4, -0.2) is 26.2 Å². The molecule has 0 aliphatic rings. The first-order valence-corrected chi connectivity index (χ1v) is 8.33. The summed E-state index contributed by atoms with van der Waals surface area (Å²) in [5.41, 5.74) is 0.959. The van der Waals surface area contributed by atoms with Crippen LogP contribution < -0.4 is 19.5 Å². The number of amides is 1. The molecule has 25 heavy (non-hydrogen) atoms. The Bertz CT molecular complexity index is 687. The van der Waals surface area contributed by atoms with Crippen LogP contribution in [0.1, 0.15) is 31.9 Å². The Hall–Kier alpha value is -2.69. The minimum Gasteiger partial charge on any atom is -0.493 e. The Morgan fingerprint density at radius 1 is 1.04 bits per heavy atom. The fourth-order valence-electron chi connectivity index (χ4n) is 2.54. The lowest BCUT2D eigenvalue weighted by Crippen LogP contribution is -2.38. The van der Waals surface area contributed by atoms with Gasteiger partial charge in [-0.3, -0.25) is 4.79 Å². The Morgan fingerprint density at radius 3 is 2.32 bits per heavy atom. The van der Waals surface area contributed by atoms with Crippen molar-refractivity contribution < 1.29 is 19.0 Å². The van der Waals surface area contributed by atoms with E-state index in [0.29, 0.717) is 17.2 Å². The van der Waals surface area contributed by atoms with Crippen molar-refractivity contribution in [3.8, 4) is 17.2 Å². The molecule has 0 spiro atoms. The zero-order chi connectivity index (χ0) is 18.2. The summed E-state index contributed by atoms with van der Waals surface area (Å²) in [5, 5.41) is 3.03. The van der Waals surface area contributed by atoms with Gasteiger partial charge >= 0.3 is 0 Å². The van der Waals surface area contributed by atoms with E-state index in [9.17, 15) is 4.79 Å². The van der Waals surface area contributed by atoms with Gasteiger partial charge in [-0.15, -0.1) is 0 Å². The van der Waals surface area contributed by atoms with Crippen LogP contribution in [0.25, 0.3) is 0 Å². The van der Waals surface area contributed by atoms with Crippen LogP contribution in [0.3, 0.4) is 0 Å². The third-order valence-electron chi connectivity index (χ3n) is 3.96. The molecule has 0 bridgehead atoms. The molecule has 2 aromatic rings. The first-order valence-electron chi connectivity index (χ1n) is 8.33. The molecule has 0 radical (unpaired) electrons. The predicted octanol–water partition coefficient (Wildman–Crippen LogP) is 3.74. The van der Waals surface area contributed by atoms with E-state index in [-0.39, 0.29) is 11.9 Å². The molecule has 0 unspecified atom stereocenters. The number of hydrogen-bond donors (Lipinski definition) is 1. The van der Waals surface area contributed by atoms with Crippen LogP contribution in [0.2, 0.25) is 0 Å². The van der Waals surface area contributed by atoms with Crippen molar-refractivity contribution in [1.29, 1.82) is 0 Å². The number of rotatable bonds is 8. The topological polar surface area (TPSA) is 56.8 Å². The number of carbonyl (C=O) groups is 1. The molecule has 134 valence electrons. The molecule has 0 saturated carbocycles. The largest absolute Gasteiger partial charge is 0.493 e. The van der Waals surface area contributed by atoms with Gasteiger partial charge in [0, 0.05) is 0 Å². The highest BCUT2D eigenvalue weighted by atomic mass is 16.5. The van der Waals surface area contributed by atoms with E-state index in [2.05, 4.69) is 5.32 Å². The molecule has 1 amide bonds. The van der Waals surface area contributed by atoms with E-state index >= 15 is 0 Å². The highest BCUT2D eigenvalue weighted by Crippen LogP contribution is 2.30. The molecule has 5 nitrogen and oxygen atoms in total. The van der Waals surface area contributed by atoms with Gasteiger partial charge in [0.2, 0.25) is 0 Å². The van der Waals surface area contributed by atoms with Gasteiger partial charge in [-0.2, -0.15) is 0 Å². The smallest absolute Gasteiger partial charge is 0.261 e. The Morgan fingerprint density at radius 2 is 1.72 bits per heavy atom. The summed E-state index contributed by atoms with van der Waals surface area (Å²) in [7, 11) is 3.19. The SMILES string of the molecule is CC[C@H](NC(=O)[C@H](C)Oc1ccccc1)c1ccc(OC)c(OC)c1. The molecule has 0 fully saturated rings. The van der Waals surface area contributed by atoms with Crippen molar-refractivity contribution in [3.63, 3.8) is 0 Å². The summed E-state index contributed by atoms with van der Waals surface area (Å²) in [6, 6.07) is 14.8. The van der Waals surface area contributed by atoms with Gasteiger partial charge in [-0.25, -0.2) is 0 Å².